The molecule has 0 fully saturated rings. The zero-order valence-corrected chi connectivity index (χ0v) is 15.1. The molecule has 0 saturated carbocycles. The average Bonchev–Trinajstić information content (AvgIpc) is 2.56. The van der Waals surface area contributed by atoms with Gasteiger partial charge in [0.1, 0.15) is 12.7 Å². The first-order valence-electron chi connectivity index (χ1n) is 8.43. The number of nitrogens with one attached hydrogen (secondary N) is 1. The topological polar surface area (TPSA) is 54.0 Å². The van der Waals surface area contributed by atoms with E-state index in [-0.39, 0.29) is 6.61 Å². The van der Waals surface area contributed by atoms with E-state index in [0.717, 1.165) is 25.2 Å². The fraction of sp³-hybridized carbons (Fsp3) is 0.667. The smallest absolute Gasteiger partial charge is 0.161 e. The van der Waals surface area contributed by atoms with Crippen LogP contribution in [0, 0.1) is 0 Å². The zero-order chi connectivity index (χ0) is 17.2. The van der Waals surface area contributed by atoms with Gasteiger partial charge in [-0.1, -0.05) is 33.8 Å². The van der Waals surface area contributed by atoms with E-state index >= 15 is 0 Å². The van der Waals surface area contributed by atoms with Crippen LogP contribution in [-0.4, -0.2) is 55.5 Å². The van der Waals surface area contributed by atoms with Crippen molar-refractivity contribution in [2.75, 3.05) is 33.4 Å². The van der Waals surface area contributed by atoms with E-state index in [0.29, 0.717) is 24.1 Å². The van der Waals surface area contributed by atoms with Crippen molar-refractivity contribution in [2.45, 2.75) is 46.4 Å². The van der Waals surface area contributed by atoms with Crippen molar-refractivity contribution in [3.05, 3.63) is 23.8 Å². The normalized spacial score (nSPS) is 12.7. The summed E-state index contributed by atoms with van der Waals surface area (Å²) in [5.41, 5.74) is 1.14. The molecule has 1 aromatic rings. The molecule has 0 aliphatic heterocycles. The first-order valence-corrected chi connectivity index (χ1v) is 8.43. The Labute approximate surface area is 140 Å². The van der Waals surface area contributed by atoms with Gasteiger partial charge >= 0.3 is 0 Å². The monoisotopic (exact) mass is 324 g/mol. The second kappa shape index (κ2) is 10.5. The number of ether oxygens (including phenoxy) is 2. The lowest BCUT2D eigenvalue weighted by Gasteiger charge is -2.22. The van der Waals surface area contributed by atoms with Crippen LogP contribution in [0.25, 0.3) is 0 Å². The summed E-state index contributed by atoms with van der Waals surface area (Å²) < 4.78 is 11.1. The van der Waals surface area contributed by atoms with Crippen molar-refractivity contribution < 1.29 is 14.6 Å². The van der Waals surface area contributed by atoms with Gasteiger partial charge in [0.25, 0.3) is 0 Å². The number of rotatable bonds is 11. The fourth-order valence-corrected chi connectivity index (χ4v) is 2.28. The molecule has 1 rings (SSSR count). The predicted molar refractivity (Wildman–Crippen MR) is 94.3 cm³/mol. The Bertz CT molecular complexity index is 448. The molecular weight excluding hydrogens is 292 g/mol. The maximum absolute atomic E-state index is 10.1. The summed E-state index contributed by atoms with van der Waals surface area (Å²) in [7, 11) is 1.63. The molecule has 0 bridgehead atoms. The van der Waals surface area contributed by atoms with Crippen molar-refractivity contribution in [1.29, 1.82) is 0 Å². The summed E-state index contributed by atoms with van der Waals surface area (Å²) in [6, 6.07) is 6.33. The molecule has 1 atom stereocenters. The van der Waals surface area contributed by atoms with E-state index in [9.17, 15) is 5.11 Å². The Morgan fingerprint density at radius 1 is 1.17 bits per heavy atom. The van der Waals surface area contributed by atoms with Crippen LogP contribution in [0.3, 0.4) is 0 Å². The van der Waals surface area contributed by atoms with Crippen LogP contribution >= 0.6 is 0 Å². The highest BCUT2D eigenvalue weighted by atomic mass is 16.5. The third-order valence-corrected chi connectivity index (χ3v) is 3.74. The van der Waals surface area contributed by atoms with Crippen LogP contribution in [0.5, 0.6) is 11.5 Å². The second-order valence-electron chi connectivity index (χ2n) is 5.97. The minimum absolute atomic E-state index is 0.260. The zero-order valence-electron chi connectivity index (χ0n) is 15.1. The van der Waals surface area contributed by atoms with Crippen LogP contribution in [-0.2, 0) is 6.54 Å². The number of aliphatic hydroxyl groups is 1. The molecule has 2 N–H and O–H groups in total. The van der Waals surface area contributed by atoms with Crippen LogP contribution in [0.15, 0.2) is 18.2 Å². The molecular formula is C18H32N2O3. The third-order valence-electron chi connectivity index (χ3n) is 3.74. The standard InChI is InChI=1S/C18H32N2O3/c1-6-20(7-2)12-16(21)13-23-17-9-8-15(10-18(17)22-5)11-19-14(3)4/h8-10,14,16,19,21H,6-7,11-13H2,1-5H3/t16-/m0/s1. The van der Waals surface area contributed by atoms with Gasteiger partial charge in [-0.3, -0.25) is 0 Å². The first-order chi connectivity index (χ1) is 11.0. The summed E-state index contributed by atoms with van der Waals surface area (Å²) >= 11 is 0. The summed E-state index contributed by atoms with van der Waals surface area (Å²) in [4.78, 5) is 2.17. The minimum Gasteiger partial charge on any atom is -0.493 e. The van der Waals surface area contributed by atoms with Crippen LogP contribution < -0.4 is 14.8 Å². The van der Waals surface area contributed by atoms with Gasteiger partial charge in [0.15, 0.2) is 11.5 Å². The highest BCUT2D eigenvalue weighted by Crippen LogP contribution is 2.28. The van der Waals surface area contributed by atoms with E-state index in [1.165, 1.54) is 0 Å². The molecule has 132 valence electrons. The minimum atomic E-state index is -0.512. The average molecular weight is 324 g/mol. The van der Waals surface area contributed by atoms with Gasteiger partial charge in [-0.05, 0) is 30.8 Å². The van der Waals surface area contributed by atoms with Crippen molar-refractivity contribution in [3.8, 4) is 11.5 Å². The second-order valence-corrected chi connectivity index (χ2v) is 5.97. The Morgan fingerprint density at radius 2 is 1.87 bits per heavy atom. The van der Waals surface area contributed by atoms with Gasteiger partial charge in [0.05, 0.1) is 7.11 Å². The number of hydrogen-bond donors (Lipinski definition) is 2. The third kappa shape index (κ3) is 7.20. The molecule has 1 aromatic carbocycles. The predicted octanol–water partition coefficient (Wildman–Crippen LogP) is 2.27. The molecule has 0 aliphatic rings. The maximum atomic E-state index is 10.1. The van der Waals surface area contributed by atoms with E-state index < -0.39 is 6.10 Å². The van der Waals surface area contributed by atoms with Crippen LogP contribution in [0.1, 0.15) is 33.3 Å². The molecule has 5 nitrogen and oxygen atoms in total. The molecule has 0 aromatic heterocycles. The van der Waals surface area contributed by atoms with Crippen LogP contribution in [0.2, 0.25) is 0 Å². The quantitative estimate of drug-likeness (QED) is 0.654. The molecule has 0 saturated heterocycles. The van der Waals surface area contributed by atoms with E-state index in [4.69, 9.17) is 9.47 Å². The van der Waals surface area contributed by atoms with Gasteiger partial charge in [-0.15, -0.1) is 0 Å². The Hall–Kier alpha value is -1.30. The van der Waals surface area contributed by atoms with Gasteiger partial charge in [-0.2, -0.15) is 0 Å². The molecule has 0 amide bonds. The van der Waals surface area contributed by atoms with E-state index in [2.05, 4.69) is 37.9 Å². The number of benzene rings is 1. The van der Waals surface area contributed by atoms with Gasteiger partial charge in [0, 0.05) is 19.1 Å². The largest absolute Gasteiger partial charge is 0.493 e. The van der Waals surface area contributed by atoms with Crippen molar-refractivity contribution >= 4 is 0 Å². The Morgan fingerprint density at radius 3 is 2.43 bits per heavy atom. The molecule has 0 aliphatic carbocycles. The van der Waals surface area contributed by atoms with E-state index in [1.807, 2.05) is 18.2 Å². The van der Waals surface area contributed by atoms with Gasteiger partial charge in [0.2, 0.25) is 0 Å². The van der Waals surface area contributed by atoms with Crippen molar-refractivity contribution in [1.82, 2.24) is 10.2 Å². The molecule has 0 heterocycles. The summed E-state index contributed by atoms with van der Waals surface area (Å²) in [5.74, 6) is 1.36. The molecule has 23 heavy (non-hydrogen) atoms. The number of hydrogen-bond acceptors (Lipinski definition) is 5. The number of methoxy groups -OCH3 is 1. The van der Waals surface area contributed by atoms with Gasteiger partial charge < -0.3 is 24.8 Å². The maximum Gasteiger partial charge on any atom is 0.161 e. The van der Waals surface area contributed by atoms with Gasteiger partial charge in [-0.25, -0.2) is 0 Å². The van der Waals surface area contributed by atoms with Crippen molar-refractivity contribution in [2.24, 2.45) is 0 Å². The Kier molecular flexibility index (Phi) is 8.99. The lowest BCUT2D eigenvalue weighted by Crippen LogP contribution is -2.35. The summed E-state index contributed by atoms with van der Waals surface area (Å²) in [5, 5.41) is 13.5. The SMILES string of the molecule is CCN(CC)C[C@H](O)COc1ccc(CNC(C)C)cc1OC. The molecule has 0 unspecified atom stereocenters. The van der Waals surface area contributed by atoms with Crippen LogP contribution in [0.4, 0.5) is 0 Å². The first kappa shape index (κ1) is 19.7. The summed E-state index contributed by atoms with van der Waals surface area (Å²) in [6.07, 6.45) is -0.512. The number of likely N-dealkylation sites (N-methyl/N-ethyl adjacent to an activating group) is 1. The number of nitrogens with zero attached hydrogens (tertiary/aromatic N) is 1. The highest BCUT2D eigenvalue weighted by Gasteiger charge is 2.12. The van der Waals surface area contributed by atoms with E-state index in [1.54, 1.807) is 7.11 Å². The molecule has 0 radical (unpaired) electrons. The Balaban J connectivity index is 2.59. The fourth-order valence-electron chi connectivity index (χ4n) is 2.28. The molecule has 0 spiro atoms. The lowest BCUT2D eigenvalue weighted by atomic mass is 10.2. The molecule has 5 heteroatoms. The summed E-state index contributed by atoms with van der Waals surface area (Å²) in [6.45, 7) is 11.9. The highest BCUT2D eigenvalue weighted by molar-refractivity contribution is 5.43. The van der Waals surface area contributed by atoms with Crippen molar-refractivity contribution in [3.63, 3.8) is 0 Å². The lowest BCUT2D eigenvalue weighted by molar-refractivity contribution is 0.0705. The number of aliphatic hydroxyl groups excluding tert-OH is 1.